The summed E-state index contributed by atoms with van der Waals surface area (Å²) in [6.45, 7) is 2.19. The number of hydrogen-bond donors (Lipinski definition) is 2. The molecule has 2 nitrogen and oxygen atoms in total. The second-order valence-corrected chi connectivity index (χ2v) is 9.90. The molecule has 1 fully saturated rings. The van der Waals surface area contributed by atoms with Crippen LogP contribution in [0.2, 0.25) is 0 Å². The van der Waals surface area contributed by atoms with E-state index in [0.29, 0.717) is 4.58 Å². The predicted molar refractivity (Wildman–Crippen MR) is 111 cm³/mol. The van der Waals surface area contributed by atoms with E-state index in [1.807, 2.05) is 12.1 Å². The highest BCUT2D eigenvalue weighted by Crippen LogP contribution is 2.45. The van der Waals surface area contributed by atoms with Gasteiger partial charge in [0.15, 0.2) is 0 Å². The zero-order valence-corrected chi connectivity index (χ0v) is 16.8. The zero-order valence-electron chi connectivity index (χ0n) is 15.2. The lowest BCUT2D eigenvalue weighted by molar-refractivity contribution is 0.427. The Morgan fingerprint density at radius 3 is 2.44 bits per heavy atom. The maximum absolute atomic E-state index is 10.6. The van der Waals surface area contributed by atoms with Crippen LogP contribution in [0.5, 0.6) is 11.5 Å². The molecule has 0 radical (unpaired) electrons. The Morgan fingerprint density at radius 1 is 1.04 bits per heavy atom. The summed E-state index contributed by atoms with van der Waals surface area (Å²) in [6, 6.07) is 3.74. The van der Waals surface area contributed by atoms with Crippen LogP contribution in [-0.4, -0.2) is 26.3 Å². The molecule has 2 N–H and O–H groups in total. The van der Waals surface area contributed by atoms with Crippen LogP contribution in [0, 0.1) is 0 Å². The minimum atomic E-state index is 0.150. The molecule has 1 aliphatic heterocycles. The maximum Gasteiger partial charge on any atom is 0.123 e. The molecule has 0 saturated carbocycles. The molecule has 0 spiro atoms. The van der Waals surface area contributed by atoms with Gasteiger partial charge in [0.2, 0.25) is 0 Å². The first-order valence-corrected chi connectivity index (χ1v) is 11.8. The van der Waals surface area contributed by atoms with Gasteiger partial charge in [-0.3, -0.25) is 0 Å². The van der Waals surface area contributed by atoms with Crippen molar-refractivity contribution in [2.45, 2.75) is 68.8 Å². The molecule has 1 saturated heterocycles. The molecule has 1 heterocycles. The van der Waals surface area contributed by atoms with E-state index >= 15 is 0 Å². The summed E-state index contributed by atoms with van der Waals surface area (Å²) in [5.74, 6) is 3.21. The Hall–Kier alpha value is -0.740. The second-order valence-electron chi connectivity index (χ2n) is 7.17. The Balaban J connectivity index is 1.77. The molecule has 25 heavy (non-hydrogen) atoms. The van der Waals surface area contributed by atoms with Gasteiger partial charge >= 0.3 is 0 Å². The standard InChI is InChI=1S/C21H30O2S2/c1-2-3-4-7-15-12-18(22)20(19(23)13-15)16-8-5-9-17(14-16)21-24-10-6-11-25-21/h12-14,16,21-23H,2-11H2,1H3. The monoisotopic (exact) mass is 378 g/mol. The molecule has 1 unspecified atom stereocenters. The van der Waals surface area contributed by atoms with E-state index in [-0.39, 0.29) is 17.4 Å². The first-order chi connectivity index (χ1) is 12.2. The topological polar surface area (TPSA) is 40.5 Å². The van der Waals surface area contributed by atoms with Crippen molar-refractivity contribution >= 4 is 23.5 Å². The molecule has 2 aliphatic rings. The van der Waals surface area contributed by atoms with Gasteiger partial charge in [0.1, 0.15) is 11.5 Å². The number of phenols is 2. The van der Waals surface area contributed by atoms with Crippen LogP contribution in [0.4, 0.5) is 0 Å². The van der Waals surface area contributed by atoms with Gasteiger partial charge in [-0.15, -0.1) is 23.5 Å². The van der Waals surface area contributed by atoms with E-state index in [9.17, 15) is 10.2 Å². The summed E-state index contributed by atoms with van der Waals surface area (Å²) in [5, 5.41) is 21.2. The fraction of sp³-hybridized carbons (Fsp3) is 0.619. The van der Waals surface area contributed by atoms with Crippen molar-refractivity contribution in [2.24, 2.45) is 0 Å². The molecule has 0 aromatic heterocycles. The Kier molecular flexibility index (Phi) is 7.06. The largest absolute Gasteiger partial charge is 0.507 e. The van der Waals surface area contributed by atoms with Crippen LogP contribution in [0.1, 0.15) is 68.9 Å². The van der Waals surface area contributed by atoms with Crippen molar-refractivity contribution in [1.82, 2.24) is 0 Å². The van der Waals surface area contributed by atoms with Gasteiger partial charge in [-0.2, -0.15) is 0 Å². The number of aryl methyl sites for hydroxylation is 1. The number of hydrogen-bond acceptors (Lipinski definition) is 4. The van der Waals surface area contributed by atoms with Crippen molar-refractivity contribution in [2.75, 3.05) is 11.5 Å². The molecule has 0 amide bonds. The highest BCUT2D eigenvalue weighted by atomic mass is 32.2. The Labute approximate surface area is 160 Å². The second kappa shape index (κ2) is 9.27. The van der Waals surface area contributed by atoms with Crippen LogP contribution in [0.25, 0.3) is 0 Å². The number of allylic oxidation sites excluding steroid dienone is 1. The van der Waals surface area contributed by atoms with Crippen molar-refractivity contribution in [3.63, 3.8) is 0 Å². The lowest BCUT2D eigenvalue weighted by atomic mass is 9.84. The molecule has 0 bridgehead atoms. The number of phenolic OH excluding ortho intramolecular Hbond substituents is 2. The number of aromatic hydroxyl groups is 2. The minimum Gasteiger partial charge on any atom is -0.507 e. The first kappa shape index (κ1) is 19.0. The van der Waals surface area contributed by atoms with Crippen LogP contribution >= 0.6 is 23.5 Å². The average molecular weight is 379 g/mol. The smallest absolute Gasteiger partial charge is 0.123 e. The lowest BCUT2D eigenvalue weighted by Crippen LogP contribution is -2.14. The fourth-order valence-corrected chi connectivity index (χ4v) is 6.88. The summed E-state index contributed by atoms with van der Waals surface area (Å²) in [7, 11) is 0. The molecule has 3 rings (SSSR count). The van der Waals surface area contributed by atoms with E-state index in [4.69, 9.17) is 0 Å². The highest BCUT2D eigenvalue weighted by Gasteiger charge is 2.26. The molecular weight excluding hydrogens is 348 g/mol. The lowest BCUT2D eigenvalue weighted by Gasteiger charge is -2.29. The third kappa shape index (κ3) is 4.91. The van der Waals surface area contributed by atoms with E-state index < -0.39 is 0 Å². The van der Waals surface area contributed by atoms with E-state index in [2.05, 4.69) is 36.5 Å². The van der Waals surface area contributed by atoms with Crippen molar-refractivity contribution in [3.05, 3.63) is 34.9 Å². The van der Waals surface area contributed by atoms with Crippen LogP contribution in [0.15, 0.2) is 23.8 Å². The predicted octanol–water partition coefficient (Wildman–Crippen LogP) is 6.22. The van der Waals surface area contributed by atoms with E-state index in [1.165, 1.54) is 36.3 Å². The normalized spacial score (nSPS) is 22.0. The summed E-state index contributed by atoms with van der Waals surface area (Å²) >= 11 is 4.12. The van der Waals surface area contributed by atoms with Gasteiger partial charge in [-0.25, -0.2) is 0 Å². The van der Waals surface area contributed by atoms with Crippen LogP contribution < -0.4 is 0 Å². The quantitative estimate of drug-likeness (QED) is 0.455. The van der Waals surface area contributed by atoms with Crippen LogP contribution in [-0.2, 0) is 6.42 Å². The minimum absolute atomic E-state index is 0.150. The van der Waals surface area contributed by atoms with Crippen LogP contribution in [0.3, 0.4) is 0 Å². The molecule has 138 valence electrons. The third-order valence-electron chi connectivity index (χ3n) is 5.16. The molecular formula is C21H30O2S2. The molecule has 1 aromatic rings. The van der Waals surface area contributed by atoms with Gasteiger partial charge < -0.3 is 10.2 Å². The average Bonchev–Trinajstić information content (AvgIpc) is 2.62. The molecule has 1 aliphatic carbocycles. The summed E-state index contributed by atoms with van der Waals surface area (Å²) in [5.41, 5.74) is 3.30. The Bertz CT molecular complexity index is 583. The Morgan fingerprint density at radius 2 is 1.76 bits per heavy atom. The van der Waals surface area contributed by atoms with Crippen molar-refractivity contribution in [3.8, 4) is 11.5 Å². The summed E-state index contributed by atoms with van der Waals surface area (Å²) < 4.78 is 0.578. The number of thioether (sulfide) groups is 2. The van der Waals surface area contributed by atoms with Gasteiger partial charge in [0.05, 0.1) is 4.58 Å². The van der Waals surface area contributed by atoms with Gasteiger partial charge in [0, 0.05) is 11.5 Å². The number of rotatable bonds is 6. The number of unbranched alkanes of at least 4 members (excludes halogenated alkanes) is 2. The third-order valence-corrected chi connectivity index (χ3v) is 8.24. The fourth-order valence-electron chi connectivity index (χ4n) is 3.86. The molecule has 1 aromatic carbocycles. The SMILES string of the molecule is CCCCCc1cc(O)c(C2C=C(C3SCCCS3)CCC2)c(O)c1. The van der Waals surface area contributed by atoms with Gasteiger partial charge in [0.25, 0.3) is 0 Å². The highest BCUT2D eigenvalue weighted by molar-refractivity contribution is 8.17. The molecule has 1 atom stereocenters. The molecule has 4 heteroatoms. The van der Waals surface area contributed by atoms with Gasteiger partial charge in [-0.05, 0) is 67.7 Å². The van der Waals surface area contributed by atoms with E-state index in [0.717, 1.165) is 43.2 Å². The van der Waals surface area contributed by atoms with Crippen molar-refractivity contribution in [1.29, 1.82) is 0 Å². The summed E-state index contributed by atoms with van der Waals surface area (Å²) in [6.07, 6.45) is 11.4. The number of benzene rings is 1. The van der Waals surface area contributed by atoms with E-state index in [1.54, 1.807) is 0 Å². The van der Waals surface area contributed by atoms with Gasteiger partial charge in [-0.1, -0.05) is 31.4 Å². The maximum atomic E-state index is 10.6. The van der Waals surface area contributed by atoms with Crippen molar-refractivity contribution < 1.29 is 10.2 Å². The first-order valence-electron chi connectivity index (χ1n) is 9.67. The zero-order chi connectivity index (χ0) is 17.6. The summed E-state index contributed by atoms with van der Waals surface area (Å²) in [4.78, 5) is 0.